The van der Waals surface area contributed by atoms with Crippen molar-refractivity contribution < 1.29 is 9.21 Å². The Morgan fingerprint density at radius 1 is 1.32 bits per heavy atom. The van der Waals surface area contributed by atoms with E-state index in [-0.39, 0.29) is 5.91 Å². The third-order valence-electron chi connectivity index (χ3n) is 4.43. The molecule has 0 radical (unpaired) electrons. The van der Waals surface area contributed by atoms with E-state index >= 15 is 0 Å². The first kappa shape index (κ1) is 17.3. The highest BCUT2D eigenvalue weighted by Gasteiger charge is 2.25. The van der Waals surface area contributed by atoms with Crippen LogP contribution in [0.3, 0.4) is 0 Å². The van der Waals surface area contributed by atoms with Crippen LogP contribution in [0.15, 0.2) is 28.9 Å². The zero-order valence-electron chi connectivity index (χ0n) is 15.0. The Balaban J connectivity index is 1.65. The number of carbonyl (C=O) groups excluding carboxylic acids is 1. The summed E-state index contributed by atoms with van der Waals surface area (Å²) in [5.41, 5.74) is 0.935. The smallest absolute Gasteiger partial charge is 0.289 e. The molecule has 1 atom stereocenters. The molecular formula is C18H25N5O2. The Hall–Kier alpha value is -2.57. The van der Waals surface area contributed by atoms with Crippen LogP contribution in [0, 0.1) is 6.92 Å². The molecule has 1 amide bonds. The van der Waals surface area contributed by atoms with Gasteiger partial charge in [-0.05, 0) is 32.4 Å². The molecule has 134 valence electrons. The zero-order valence-corrected chi connectivity index (χ0v) is 15.0. The van der Waals surface area contributed by atoms with E-state index in [4.69, 9.17) is 4.42 Å². The van der Waals surface area contributed by atoms with E-state index in [0.29, 0.717) is 38.0 Å². The lowest BCUT2D eigenvalue weighted by Gasteiger charge is -2.34. The predicted molar refractivity (Wildman–Crippen MR) is 97.0 cm³/mol. The number of nitrogens with zero attached hydrogens (tertiary/aromatic N) is 4. The third kappa shape index (κ3) is 4.10. The highest BCUT2D eigenvalue weighted by atomic mass is 16.3. The van der Waals surface area contributed by atoms with Gasteiger partial charge in [0.05, 0.1) is 6.26 Å². The van der Waals surface area contributed by atoms with Crippen molar-refractivity contribution in [3.05, 3.63) is 35.9 Å². The van der Waals surface area contributed by atoms with Gasteiger partial charge in [-0.15, -0.1) is 0 Å². The standard InChI is InChI=1S/C18H25N5O2/c1-4-13(2)19-16-12-14(3)20-18(21-16)23-9-7-22(8-10-23)17(24)15-6-5-11-25-15/h5-6,11-13H,4,7-10H2,1-3H3,(H,19,20,21). The monoisotopic (exact) mass is 343 g/mol. The second kappa shape index (κ2) is 7.55. The van der Waals surface area contributed by atoms with Gasteiger partial charge in [0.25, 0.3) is 5.91 Å². The van der Waals surface area contributed by atoms with Crippen LogP contribution in [-0.4, -0.2) is 53.0 Å². The van der Waals surface area contributed by atoms with Crippen LogP contribution in [0.5, 0.6) is 0 Å². The number of aryl methyl sites for hydroxylation is 1. The number of hydrogen-bond donors (Lipinski definition) is 1. The largest absolute Gasteiger partial charge is 0.459 e. The van der Waals surface area contributed by atoms with Crippen LogP contribution in [0.2, 0.25) is 0 Å². The van der Waals surface area contributed by atoms with Gasteiger partial charge < -0.3 is 19.5 Å². The van der Waals surface area contributed by atoms with E-state index < -0.39 is 0 Å². The van der Waals surface area contributed by atoms with E-state index in [0.717, 1.165) is 23.9 Å². The molecule has 2 aromatic rings. The molecule has 0 bridgehead atoms. The van der Waals surface area contributed by atoms with E-state index in [9.17, 15) is 4.79 Å². The summed E-state index contributed by atoms with van der Waals surface area (Å²) in [7, 11) is 0. The van der Waals surface area contributed by atoms with Gasteiger partial charge in [0.2, 0.25) is 5.95 Å². The number of anilines is 2. The first-order valence-electron chi connectivity index (χ1n) is 8.76. The van der Waals surface area contributed by atoms with Gasteiger partial charge in [-0.2, -0.15) is 4.98 Å². The lowest BCUT2D eigenvalue weighted by molar-refractivity contribution is 0.0714. The Bertz CT molecular complexity index is 708. The van der Waals surface area contributed by atoms with Gasteiger partial charge in [0.1, 0.15) is 5.82 Å². The summed E-state index contributed by atoms with van der Waals surface area (Å²) < 4.78 is 5.20. The van der Waals surface area contributed by atoms with E-state index in [1.54, 1.807) is 12.1 Å². The molecule has 2 aromatic heterocycles. The molecule has 0 aromatic carbocycles. The number of rotatable bonds is 5. The second-order valence-corrected chi connectivity index (χ2v) is 6.40. The Morgan fingerprint density at radius 3 is 2.72 bits per heavy atom. The lowest BCUT2D eigenvalue weighted by atomic mass is 10.2. The van der Waals surface area contributed by atoms with Crippen LogP contribution >= 0.6 is 0 Å². The molecule has 1 aliphatic heterocycles. The molecule has 0 saturated carbocycles. The molecule has 25 heavy (non-hydrogen) atoms. The summed E-state index contributed by atoms with van der Waals surface area (Å²) in [6, 6.07) is 5.76. The van der Waals surface area contributed by atoms with E-state index in [1.807, 2.05) is 17.9 Å². The molecule has 3 rings (SSSR count). The fraction of sp³-hybridized carbons (Fsp3) is 0.500. The average molecular weight is 343 g/mol. The Morgan fingerprint density at radius 2 is 2.08 bits per heavy atom. The lowest BCUT2D eigenvalue weighted by Crippen LogP contribution is -2.49. The second-order valence-electron chi connectivity index (χ2n) is 6.40. The normalized spacial score (nSPS) is 16.0. The van der Waals surface area contributed by atoms with Crippen LogP contribution in [0.4, 0.5) is 11.8 Å². The molecule has 0 aliphatic carbocycles. The molecule has 3 heterocycles. The fourth-order valence-electron chi connectivity index (χ4n) is 2.79. The van der Waals surface area contributed by atoms with Gasteiger partial charge >= 0.3 is 0 Å². The maximum Gasteiger partial charge on any atom is 0.289 e. The molecular weight excluding hydrogens is 318 g/mol. The molecule has 1 aliphatic rings. The van der Waals surface area contributed by atoms with E-state index in [2.05, 4.69) is 34.0 Å². The van der Waals surface area contributed by atoms with Crippen molar-refractivity contribution in [3.63, 3.8) is 0 Å². The van der Waals surface area contributed by atoms with Crippen LogP contribution < -0.4 is 10.2 Å². The fourth-order valence-corrected chi connectivity index (χ4v) is 2.79. The summed E-state index contributed by atoms with van der Waals surface area (Å²) in [5, 5.41) is 3.40. The van der Waals surface area contributed by atoms with E-state index in [1.165, 1.54) is 6.26 Å². The minimum Gasteiger partial charge on any atom is -0.459 e. The first-order valence-corrected chi connectivity index (χ1v) is 8.76. The molecule has 7 nitrogen and oxygen atoms in total. The number of amides is 1. The minimum absolute atomic E-state index is 0.0612. The zero-order chi connectivity index (χ0) is 17.8. The van der Waals surface area contributed by atoms with Crippen LogP contribution in [0.25, 0.3) is 0 Å². The van der Waals surface area contributed by atoms with Gasteiger partial charge in [-0.1, -0.05) is 6.92 Å². The molecule has 0 spiro atoms. The Labute approximate surface area is 148 Å². The number of piperazine rings is 1. The molecule has 7 heteroatoms. The molecule has 1 fully saturated rings. The molecule has 1 saturated heterocycles. The number of nitrogens with one attached hydrogen (secondary N) is 1. The van der Waals surface area contributed by atoms with Crippen molar-refractivity contribution in [3.8, 4) is 0 Å². The van der Waals surface area contributed by atoms with Crippen LogP contribution in [0.1, 0.15) is 36.5 Å². The number of aromatic nitrogens is 2. The first-order chi connectivity index (χ1) is 12.1. The summed E-state index contributed by atoms with van der Waals surface area (Å²) in [6.45, 7) is 8.93. The van der Waals surface area contributed by atoms with Crippen molar-refractivity contribution >= 4 is 17.7 Å². The predicted octanol–water partition coefficient (Wildman–Crippen LogP) is 2.55. The van der Waals surface area contributed by atoms with Crippen molar-refractivity contribution in [1.82, 2.24) is 14.9 Å². The number of hydrogen-bond acceptors (Lipinski definition) is 6. The van der Waals surface area contributed by atoms with Crippen molar-refractivity contribution in [2.75, 3.05) is 36.4 Å². The van der Waals surface area contributed by atoms with Crippen molar-refractivity contribution in [2.24, 2.45) is 0 Å². The SMILES string of the molecule is CCC(C)Nc1cc(C)nc(N2CCN(C(=O)c3ccco3)CC2)n1. The van der Waals surface area contributed by atoms with Gasteiger partial charge in [-0.25, -0.2) is 4.98 Å². The summed E-state index contributed by atoms with van der Waals surface area (Å²) in [6.07, 6.45) is 2.56. The van der Waals surface area contributed by atoms with Crippen molar-refractivity contribution in [1.29, 1.82) is 0 Å². The maximum absolute atomic E-state index is 12.3. The number of carbonyl (C=O) groups is 1. The van der Waals surface area contributed by atoms with Crippen molar-refractivity contribution in [2.45, 2.75) is 33.2 Å². The maximum atomic E-state index is 12.3. The number of furan rings is 1. The molecule has 1 N–H and O–H groups in total. The van der Waals surface area contributed by atoms with Gasteiger partial charge in [0, 0.05) is 44.0 Å². The topological polar surface area (TPSA) is 74.5 Å². The van der Waals surface area contributed by atoms with Gasteiger partial charge in [-0.3, -0.25) is 4.79 Å². The highest BCUT2D eigenvalue weighted by molar-refractivity contribution is 5.91. The molecule has 1 unspecified atom stereocenters. The quantitative estimate of drug-likeness (QED) is 0.899. The summed E-state index contributed by atoms with van der Waals surface area (Å²) in [5.74, 6) is 1.90. The Kier molecular flexibility index (Phi) is 5.21. The highest BCUT2D eigenvalue weighted by Crippen LogP contribution is 2.17. The summed E-state index contributed by atoms with van der Waals surface area (Å²) >= 11 is 0. The minimum atomic E-state index is -0.0612. The third-order valence-corrected chi connectivity index (χ3v) is 4.43. The van der Waals surface area contributed by atoms with Crippen LogP contribution in [-0.2, 0) is 0 Å². The van der Waals surface area contributed by atoms with Gasteiger partial charge in [0.15, 0.2) is 5.76 Å². The average Bonchev–Trinajstić information content (AvgIpc) is 3.15. The summed E-state index contributed by atoms with van der Waals surface area (Å²) in [4.78, 5) is 25.5.